The number of para-hydroxylation sites is 1. The minimum atomic E-state index is -0.556. The van der Waals surface area contributed by atoms with Crippen LogP contribution in [0.4, 0.5) is 0 Å². The maximum Gasteiger partial charge on any atom is 0.124 e. The topological polar surface area (TPSA) is 55.5 Å². The lowest BCUT2D eigenvalue weighted by molar-refractivity contribution is -0.0246. The van der Waals surface area contributed by atoms with Crippen LogP contribution in [-0.4, -0.2) is 18.8 Å². The van der Waals surface area contributed by atoms with Crippen molar-refractivity contribution in [2.45, 2.75) is 45.6 Å². The predicted octanol–water partition coefficient (Wildman–Crippen LogP) is 3.27. The highest BCUT2D eigenvalue weighted by Gasteiger charge is 2.43. The average molecular weight is 277 g/mol. The largest absolute Gasteiger partial charge is 0.496 e. The van der Waals surface area contributed by atoms with Crippen LogP contribution in [0.3, 0.4) is 0 Å². The van der Waals surface area contributed by atoms with Crippen molar-refractivity contribution in [3.8, 4) is 5.75 Å². The number of aliphatic hydroxyl groups is 1. The van der Waals surface area contributed by atoms with E-state index < -0.39 is 6.10 Å². The third kappa shape index (κ3) is 2.84. The minimum Gasteiger partial charge on any atom is -0.496 e. The average Bonchev–Trinajstić information content (AvgIpc) is 2.47. The number of ether oxygens (including phenoxy) is 1. The zero-order chi connectivity index (χ0) is 14.8. The summed E-state index contributed by atoms with van der Waals surface area (Å²) in [6, 6.07) is 7.71. The van der Waals surface area contributed by atoms with Gasteiger partial charge in [-0.2, -0.15) is 0 Å². The molecule has 1 fully saturated rings. The lowest BCUT2D eigenvalue weighted by atomic mass is 9.62. The summed E-state index contributed by atoms with van der Waals surface area (Å²) in [6.45, 7) is 5.11. The molecule has 0 bridgehead atoms. The first-order valence-corrected chi connectivity index (χ1v) is 7.45. The van der Waals surface area contributed by atoms with E-state index in [9.17, 15) is 5.11 Å². The molecule has 1 aliphatic carbocycles. The van der Waals surface area contributed by atoms with E-state index in [1.165, 1.54) is 0 Å². The van der Waals surface area contributed by atoms with Gasteiger partial charge in [0.2, 0.25) is 0 Å². The van der Waals surface area contributed by atoms with Crippen molar-refractivity contribution in [2.24, 2.45) is 16.6 Å². The van der Waals surface area contributed by atoms with Crippen LogP contribution >= 0.6 is 0 Å². The Kier molecular flexibility index (Phi) is 4.40. The van der Waals surface area contributed by atoms with Crippen molar-refractivity contribution < 1.29 is 9.84 Å². The fourth-order valence-corrected chi connectivity index (χ4v) is 3.24. The van der Waals surface area contributed by atoms with E-state index in [1.807, 2.05) is 24.3 Å². The fourth-order valence-electron chi connectivity index (χ4n) is 3.24. The first-order valence-electron chi connectivity index (χ1n) is 7.45. The quantitative estimate of drug-likeness (QED) is 0.888. The predicted molar refractivity (Wildman–Crippen MR) is 81.7 cm³/mol. The number of aliphatic hydroxyl groups excluding tert-OH is 1. The van der Waals surface area contributed by atoms with Gasteiger partial charge in [0, 0.05) is 17.5 Å². The maximum absolute atomic E-state index is 10.9. The normalized spacial score (nSPS) is 22.2. The lowest BCUT2D eigenvalue weighted by Crippen LogP contribution is -2.42. The minimum absolute atomic E-state index is 0.218. The molecule has 20 heavy (non-hydrogen) atoms. The second kappa shape index (κ2) is 5.74. The van der Waals surface area contributed by atoms with Crippen molar-refractivity contribution in [3.63, 3.8) is 0 Å². The number of nitrogens with two attached hydrogens (primary N) is 1. The van der Waals surface area contributed by atoms with E-state index in [2.05, 4.69) is 13.8 Å². The Morgan fingerprint density at radius 1 is 1.20 bits per heavy atom. The maximum atomic E-state index is 10.9. The molecule has 1 aromatic rings. The van der Waals surface area contributed by atoms with Gasteiger partial charge in [0.05, 0.1) is 13.2 Å². The standard InChI is InChI=1S/C17H27NO2/c1-16(2)8-10-17(12-18,11-9-16)15(19)13-6-4-5-7-14(13)20-3/h4-7,15,19H,8-12,18H2,1-3H3. The first-order chi connectivity index (χ1) is 9.44. The lowest BCUT2D eigenvalue weighted by Gasteiger charge is -2.46. The summed E-state index contributed by atoms with van der Waals surface area (Å²) in [5, 5.41) is 10.9. The van der Waals surface area contributed by atoms with Gasteiger partial charge >= 0.3 is 0 Å². The third-order valence-electron chi connectivity index (χ3n) is 5.02. The molecule has 0 spiro atoms. The van der Waals surface area contributed by atoms with Gasteiger partial charge in [-0.1, -0.05) is 32.0 Å². The highest BCUT2D eigenvalue weighted by atomic mass is 16.5. The van der Waals surface area contributed by atoms with Gasteiger partial charge < -0.3 is 15.6 Å². The molecule has 3 heteroatoms. The molecule has 1 unspecified atom stereocenters. The van der Waals surface area contributed by atoms with Gasteiger partial charge in [0.15, 0.2) is 0 Å². The van der Waals surface area contributed by atoms with Crippen LogP contribution in [0.5, 0.6) is 5.75 Å². The molecule has 0 saturated heterocycles. The zero-order valence-corrected chi connectivity index (χ0v) is 12.9. The molecule has 1 saturated carbocycles. The van der Waals surface area contributed by atoms with Crippen LogP contribution in [0.25, 0.3) is 0 Å². The van der Waals surface area contributed by atoms with Crippen LogP contribution in [0, 0.1) is 10.8 Å². The van der Waals surface area contributed by atoms with Crippen LogP contribution < -0.4 is 10.5 Å². The number of hydrogen-bond acceptors (Lipinski definition) is 3. The summed E-state index contributed by atoms with van der Waals surface area (Å²) in [7, 11) is 1.64. The second-order valence-electron chi connectivity index (χ2n) is 6.88. The van der Waals surface area contributed by atoms with E-state index in [4.69, 9.17) is 10.5 Å². The number of methoxy groups -OCH3 is 1. The van der Waals surface area contributed by atoms with Crippen molar-refractivity contribution in [1.82, 2.24) is 0 Å². The molecule has 1 atom stereocenters. The second-order valence-corrected chi connectivity index (χ2v) is 6.88. The molecule has 1 aliphatic rings. The molecule has 112 valence electrons. The Labute approximate surface area is 122 Å². The van der Waals surface area contributed by atoms with Gasteiger partial charge in [-0.15, -0.1) is 0 Å². The molecule has 2 rings (SSSR count). The molecule has 0 radical (unpaired) electrons. The van der Waals surface area contributed by atoms with E-state index >= 15 is 0 Å². The summed E-state index contributed by atoms with van der Waals surface area (Å²) in [6.07, 6.45) is 3.60. The SMILES string of the molecule is COc1ccccc1C(O)C1(CN)CCC(C)(C)CC1. The van der Waals surface area contributed by atoms with Crippen LogP contribution in [-0.2, 0) is 0 Å². The summed E-state index contributed by atoms with van der Waals surface area (Å²) >= 11 is 0. The Morgan fingerprint density at radius 3 is 2.35 bits per heavy atom. The summed E-state index contributed by atoms with van der Waals surface area (Å²) in [5.74, 6) is 0.748. The van der Waals surface area contributed by atoms with Crippen molar-refractivity contribution in [2.75, 3.05) is 13.7 Å². The zero-order valence-electron chi connectivity index (χ0n) is 12.9. The van der Waals surface area contributed by atoms with E-state index in [-0.39, 0.29) is 5.41 Å². The number of benzene rings is 1. The summed E-state index contributed by atoms with van der Waals surface area (Å²) < 4.78 is 5.39. The van der Waals surface area contributed by atoms with Crippen molar-refractivity contribution in [3.05, 3.63) is 29.8 Å². The van der Waals surface area contributed by atoms with Gasteiger partial charge in [0.1, 0.15) is 5.75 Å². The molecule has 3 nitrogen and oxygen atoms in total. The third-order valence-corrected chi connectivity index (χ3v) is 5.02. The van der Waals surface area contributed by atoms with E-state index in [0.29, 0.717) is 12.0 Å². The van der Waals surface area contributed by atoms with Crippen LogP contribution in [0.15, 0.2) is 24.3 Å². The van der Waals surface area contributed by atoms with Gasteiger partial charge in [-0.05, 0) is 37.2 Å². The molecule has 0 aliphatic heterocycles. The molecule has 1 aromatic carbocycles. The molecule has 0 amide bonds. The molecule has 0 aromatic heterocycles. The fraction of sp³-hybridized carbons (Fsp3) is 0.647. The molecular weight excluding hydrogens is 250 g/mol. The monoisotopic (exact) mass is 277 g/mol. The number of hydrogen-bond donors (Lipinski definition) is 2. The first kappa shape index (κ1) is 15.3. The summed E-state index contributed by atoms with van der Waals surface area (Å²) in [4.78, 5) is 0. The van der Waals surface area contributed by atoms with E-state index in [1.54, 1.807) is 7.11 Å². The molecule has 3 N–H and O–H groups in total. The number of rotatable bonds is 4. The Balaban J connectivity index is 2.27. The highest BCUT2D eigenvalue weighted by molar-refractivity contribution is 5.36. The van der Waals surface area contributed by atoms with Gasteiger partial charge in [-0.3, -0.25) is 0 Å². The van der Waals surface area contributed by atoms with Gasteiger partial charge in [-0.25, -0.2) is 0 Å². The Bertz CT molecular complexity index is 446. The smallest absolute Gasteiger partial charge is 0.124 e. The Hall–Kier alpha value is -1.06. The molecule has 0 heterocycles. The van der Waals surface area contributed by atoms with Crippen molar-refractivity contribution >= 4 is 0 Å². The van der Waals surface area contributed by atoms with Gasteiger partial charge in [0.25, 0.3) is 0 Å². The van der Waals surface area contributed by atoms with Crippen LogP contribution in [0.1, 0.15) is 51.2 Å². The molecular formula is C17H27NO2. The van der Waals surface area contributed by atoms with E-state index in [0.717, 1.165) is 37.0 Å². The Morgan fingerprint density at radius 2 is 1.80 bits per heavy atom. The highest BCUT2D eigenvalue weighted by Crippen LogP contribution is 2.51. The van der Waals surface area contributed by atoms with Crippen LogP contribution in [0.2, 0.25) is 0 Å². The summed E-state index contributed by atoms with van der Waals surface area (Å²) in [5.41, 5.74) is 7.06. The van der Waals surface area contributed by atoms with Crippen molar-refractivity contribution in [1.29, 1.82) is 0 Å².